The van der Waals surface area contributed by atoms with Crippen LogP contribution in [-0.2, 0) is 20.6 Å². The number of hydrogen-bond donors (Lipinski definition) is 1. The van der Waals surface area contributed by atoms with Crippen LogP contribution in [0.15, 0.2) is 48.5 Å². The van der Waals surface area contributed by atoms with Gasteiger partial charge in [-0.15, -0.1) is 0 Å². The number of carbonyl (C=O) groups excluding carboxylic acids is 1. The van der Waals surface area contributed by atoms with E-state index in [9.17, 15) is 17.6 Å². The summed E-state index contributed by atoms with van der Waals surface area (Å²) < 4.78 is 40.8. The third kappa shape index (κ3) is 4.73. The maximum atomic E-state index is 13.7. The van der Waals surface area contributed by atoms with Crippen LogP contribution in [-0.4, -0.2) is 31.7 Å². The lowest BCUT2D eigenvalue weighted by atomic mass is 9.98. The molecule has 2 aromatic rings. The molecule has 1 N–H and O–H groups in total. The van der Waals surface area contributed by atoms with Crippen molar-refractivity contribution < 1.29 is 17.6 Å². The smallest absolute Gasteiger partial charge is 0.228 e. The van der Waals surface area contributed by atoms with Gasteiger partial charge in [0, 0.05) is 13.1 Å². The Morgan fingerprint density at radius 1 is 1.19 bits per heavy atom. The highest BCUT2D eigenvalue weighted by atomic mass is 32.2. The number of nitrogens with one attached hydrogen (secondary N) is 1. The average molecular weight is 390 g/mol. The fourth-order valence-corrected chi connectivity index (χ4v) is 4.98. The zero-order valence-electron chi connectivity index (χ0n) is 15.2. The van der Waals surface area contributed by atoms with E-state index in [1.165, 1.54) is 16.4 Å². The third-order valence-electron chi connectivity index (χ3n) is 4.88. The Labute approximate surface area is 159 Å². The number of nitrogens with zero attached hydrogens (tertiary/aromatic N) is 1. The van der Waals surface area contributed by atoms with Crippen molar-refractivity contribution in [2.75, 3.05) is 18.4 Å². The van der Waals surface area contributed by atoms with Crippen LogP contribution < -0.4 is 5.32 Å². The Morgan fingerprint density at radius 3 is 2.63 bits per heavy atom. The molecule has 7 heteroatoms. The van der Waals surface area contributed by atoms with E-state index >= 15 is 0 Å². The molecule has 1 amide bonds. The van der Waals surface area contributed by atoms with E-state index in [1.807, 2.05) is 25.1 Å². The first-order valence-corrected chi connectivity index (χ1v) is 10.6. The molecule has 0 aliphatic carbocycles. The molecule has 1 aliphatic heterocycles. The van der Waals surface area contributed by atoms with Gasteiger partial charge in [-0.2, -0.15) is 0 Å². The number of benzene rings is 2. The molecule has 144 valence electrons. The first-order chi connectivity index (χ1) is 12.9. The zero-order valence-corrected chi connectivity index (χ0v) is 16.0. The number of amides is 1. The Hall–Kier alpha value is -2.25. The Kier molecular flexibility index (Phi) is 5.92. The largest absolute Gasteiger partial charge is 0.323 e. The number of sulfonamides is 1. The summed E-state index contributed by atoms with van der Waals surface area (Å²) in [4.78, 5) is 12.5. The van der Waals surface area contributed by atoms with Crippen molar-refractivity contribution in [2.45, 2.75) is 25.5 Å². The molecule has 0 radical (unpaired) electrons. The molecule has 1 aliphatic rings. The SMILES string of the molecule is Cc1ccccc1CS(=O)(=O)N1CCC[C@@H](C(=O)Nc2ccccc2F)C1. The van der Waals surface area contributed by atoms with Gasteiger partial charge in [-0.3, -0.25) is 4.79 Å². The molecule has 0 aromatic heterocycles. The first kappa shape index (κ1) is 19.5. The van der Waals surface area contributed by atoms with E-state index in [2.05, 4.69) is 5.32 Å². The lowest BCUT2D eigenvalue weighted by molar-refractivity contribution is -0.120. The van der Waals surface area contributed by atoms with Crippen molar-refractivity contribution in [3.63, 3.8) is 0 Å². The van der Waals surface area contributed by atoms with Gasteiger partial charge >= 0.3 is 0 Å². The fraction of sp³-hybridized carbons (Fsp3) is 0.350. The van der Waals surface area contributed by atoms with Crippen LogP contribution in [0.1, 0.15) is 24.0 Å². The lowest BCUT2D eigenvalue weighted by Crippen LogP contribution is -2.44. The van der Waals surface area contributed by atoms with E-state index < -0.39 is 21.8 Å². The molecule has 0 unspecified atom stereocenters. The second-order valence-electron chi connectivity index (χ2n) is 6.85. The van der Waals surface area contributed by atoms with Gasteiger partial charge in [-0.05, 0) is 43.0 Å². The van der Waals surface area contributed by atoms with Gasteiger partial charge in [-0.1, -0.05) is 36.4 Å². The molecule has 2 aromatic carbocycles. The van der Waals surface area contributed by atoms with Crippen molar-refractivity contribution in [1.82, 2.24) is 4.31 Å². The van der Waals surface area contributed by atoms with Gasteiger partial charge in [0.1, 0.15) is 5.82 Å². The maximum Gasteiger partial charge on any atom is 0.228 e. The molecule has 1 saturated heterocycles. The molecule has 0 saturated carbocycles. The molecule has 0 spiro atoms. The summed E-state index contributed by atoms with van der Waals surface area (Å²) >= 11 is 0. The highest BCUT2D eigenvalue weighted by molar-refractivity contribution is 7.88. The van der Waals surface area contributed by atoms with Gasteiger partial charge < -0.3 is 5.32 Å². The van der Waals surface area contributed by atoms with Crippen LogP contribution in [0, 0.1) is 18.7 Å². The quantitative estimate of drug-likeness (QED) is 0.852. The number of halogens is 1. The highest BCUT2D eigenvalue weighted by Crippen LogP contribution is 2.24. The van der Waals surface area contributed by atoms with Crippen LogP contribution in [0.5, 0.6) is 0 Å². The predicted molar refractivity (Wildman–Crippen MR) is 103 cm³/mol. The molecule has 3 rings (SSSR count). The number of anilines is 1. The summed E-state index contributed by atoms with van der Waals surface area (Å²) in [5, 5.41) is 2.58. The predicted octanol–water partition coefficient (Wildman–Crippen LogP) is 3.31. The number of hydrogen-bond acceptors (Lipinski definition) is 3. The maximum absolute atomic E-state index is 13.7. The van der Waals surface area contributed by atoms with Gasteiger partial charge in [0.25, 0.3) is 0 Å². The molecule has 1 fully saturated rings. The van der Waals surface area contributed by atoms with E-state index in [-0.39, 0.29) is 23.9 Å². The van der Waals surface area contributed by atoms with Crippen molar-refractivity contribution >= 4 is 21.6 Å². The van der Waals surface area contributed by atoms with Crippen LogP contribution in [0.25, 0.3) is 0 Å². The number of carbonyl (C=O) groups is 1. The molecule has 1 atom stereocenters. The van der Waals surface area contributed by atoms with Crippen molar-refractivity contribution in [2.24, 2.45) is 5.92 Å². The second-order valence-corrected chi connectivity index (χ2v) is 8.82. The summed E-state index contributed by atoms with van der Waals surface area (Å²) in [7, 11) is -3.53. The minimum Gasteiger partial charge on any atom is -0.323 e. The van der Waals surface area contributed by atoms with Gasteiger partial charge in [0.05, 0.1) is 17.4 Å². The van der Waals surface area contributed by atoms with Crippen molar-refractivity contribution in [1.29, 1.82) is 0 Å². The van der Waals surface area contributed by atoms with E-state index in [4.69, 9.17) is 0 Å². The van der Waals surface area contributed by atoms with E-state index in [0.717, 1.165) is 11.1 Å². The third-order valence-corrected chi connectivity index (χ3v) is 6.67. The average Bonchev–Trinajstić information content (AvgIpc) is 2.65. The van der Waals surface area contributed by atoms with E-state index in [1.54, 1.807) is 18.2 Å². The van der Waals surface area contributed by atoms with Crippen LogP contribution in [0.2, 0.25) is 0 Å². The van der Waals surface area contributed by atoms with Gasteiger partial charge in [0.15, 0.2) is 0 Å². The molecule has 1 heterocycles. The topological polar surface area (TPSA) is 66.5 Å². The van der Waals surface area contributed by atoms with Gasteiger partial charge in [0.2, 0.25) is 15.9 Å². The normalized spacial score (nSPS) is 18.2. The highest BCUT2D eigenvalue weighted by Gasteiger charge is 2.32. The van der Waals surface area contributed by atoms with Crippen LogP contribution in [0.4, 0.5) is 10.1 Å². The second kappa shape index (κ2) is 8.19. The summed E-state index contributed by atoms with van der Waals surface area (Å²) in [5.74, 6) is -1.44. The number of piperidine rings is 1. The molecule has 5 nitrogen and oxygen atoms in total. The molecular formula is C20H23FN2O3S. The summed E-state index contributed by atoms with van der Waals surface area (Å²) in [5.41, 5.74) is 1.80. The van der Waals surface area contributed by atoms with Crippen molar-refractivity contribution in [3.05, 3.63) is 65.5 Å². The van der Waals surface area contributed by atoms with Crippen molar-refractivity contribution in [3.8, 4) is 0 Å². The van der Waals surface area contributed by atoms with Gasteiger partial charge in [-0.25, -0.2) is 17.1 Å². The number of aryl methyl sites for hydroxylation is 1. The monoisotopic (exact) mass is 390 g/mol. The summed E-state index contributed by atoms with van der Waals surface area (Å²) in [6.45, 7) is 2.40. The Morgan fingerprint density at radius 2 is 1.89 bits per heavy atom. The Bertz CT molecular complexity index is 930. The first-order valence-electron chi connectivity index (χ1n) is 8.94. The standard InChI is InChI=1S/C20H23FN2O3S/c1-15-7-2-3-8-17(15)14-27(25,26)23-12-6-9-16(13-23)20(24)22-19-11-5-4-10-18(19)21/h2-5,7-8,10-11,16H,6,9,12-14H2,1H3,(H,22,24)/t16-/m1/s1. The molecular weight excluding hydrogens is 367 g/mol. The van der Waals surface area contributed by atoms with E-state index in [0.29, 0.717) is 19.4 Å². The zero-order chi connectivity index (χ0) is 19.4. The molecule has 27 heavy (non-hydrogen) atoms. The van der Waals surface area contributed by atoms with Crippen LogP contribution >= 0.6 is 0 Å². The minimum atomic E-state index is -3.53. The summed E-state index contributed by atoms with van der Waals surface area (Å²) in [6.07, 6.45) is 1.18. The Balaban J connectivity index is 1.69. The minimum absolute atomic E-state index is 0.0820. The van der Waals surface area contributed by atoms with Crippen LogP contribution in [0.3, 0.4) is 0 Å². The number of rotatable bonds is 5. The summed E-state index contributed by atoms with van der Waals surface area (Å²) in [6, 6.07) is 13.3. The lowest BCUT2D eigenvalue weighted by Gasteiger charge is -2.31. The molecule has 0 bridgehead atoms. The number of para-hydroxylation sites is 1. The fourth-order valence-electron chi connectivity index (χ4n) is 3.27.